The highest BCUT2D eigenvalue weighted by atomic mass is 32.1. The molecule has 4 nitrogen and oxygen atoms in total. The summed E-state index contributed by atoms with van der Waals surface area (Å²) in [4.78, 5) is 14.0. The van der Waals surface area contributed by atoms with Crippen molar-refractivity contribution in [1.82, 2.24) is 5.32 Å². The SMILES string of the molecule is CCCc1ccc(C(C)NC(=S)Nc2sc3c(c2C(=O)OCC)CCCCC3)cc1. The van der Waals surface area contributed by atoms with Crippen molar-refractivity contribution < 1.29 is 9.53 Å². The molecular weight excluding hydrogens is 412 g/mol. The first-order valence-electron chi connectivity index (χ1n) is 11.0. The van der Waals surface area contributed by atoms with Crippen LogP contribution in [0.2, 0.25) is 0 Å². The Morgan fingerprint density at radius 1 is 1.17 bits per heavy atom. The maximum Gasteiger partial charge on any atom is 0.341 e. The topological polar surface area (TPSA) is 50.4 Å². The van der Waals surface area contributed by atoms with Crippen LogP contribution in [0.5, 0.6) is 0 Å². The summed E-state index contributed by atoms with van der Waals surface area (Å²) in [5.74, 6) is -0.248. The summed E-state index contributed by atoms with van der Waals surface area (Å²) in [6.45, 7) is 6.50. The third-order valence-electron chi connectivity index (χ3n) is 5.49. The molecule has 1 aromatic carbocycles. The molecule has 0 radical (unpaired) electrons. The van der Waals surface area contributed by atoms with Crippen molar-refractivity contribution in [3.05, 3.63) is 51.4 Å². The molecule has 0 bridgehead atoms. The second kappa shape index (κ2) is 10.9. The summed E-state index contributed by atoms with van der Waals surface area (Å²) >= 11 is 7.24. The van der Waals surface area contributed by atoms with Crippen LogP contribution in [0.4, 0.5) is 5.00 Å². The molecule has 0 amide bonds. The summed E-state index contributed by atoms with van der Waals surface area (Å²) in [6, 6.07) is 8.75. The number of nitrogens with one attached hydrogen (secondary N) is 2. The molecule has 3 rings (SSSR count). The Kier molecular flexibility index (Phi) is 8.28. The zero-order valence-electron chi connectivity index (χ0n) is 18.2. The van der Waals surface area contributed by atoms with Crippen LogP contribution in [0.1, 0.15) is 84.4 Å². The van der Waals surface area contributed by atoms with Crippen molar-refractivity contribution in [1.29, 1.82) is 0 Å². The van der Waals surface area contributed by atoms with Crippen LogP contribution in [0.3, 0.4) is 0 Å². The first-order valence-corrected chi connectivity index (χ1v) is 12.2. The highest BCUT2D eigenvalue weighted by Gasteiger charge is 2.26. The Hall–Kier alpha value is -1.92. The maximum absolute atomic E-state index is 12.7. The minimum atomic E-state index is -0.248. The van der Waals surface area contributed by atoms with E-state index >= 15 is 0 Å². The minimum Gasteiger partial charge on any atom is -0.462 e. The molecule has 1 aromatic heterocycles. The van der Waals surface area contributed by atoms with Gasteiger partial charge in [-0.05, 0) is 74.9 Å². The van der Waals surface area contributed by atoms with Crippen LogP contribution in [-0.4, -0.2) is 17.7 Å². The van der Waals surface area contributed by atoms with Crippen molar-refractivity contribution in [3.63, 3.8) is 0 Å². The minimum absolute atomic E-state index is 0.0736. The van der Waals surface area contributed by atoms with E-state index in [0.29, 0.717) is 17.3 Å². The van der Waals surface area contributed by atoms with Gasteiger partial charge < -0.3 is 15.4 Å². The molecule has 1 heterocycles. The number of esters is 1. The fourth-order valence-corrected chi connectivity index (χ4v) is 5.56. The predicted octanol–water partition coefficient (Wildman–Crippen LogP) is 6.19. The van der Waals surface area contributed by atoms with Gasteiger partial charge in [-0.15, -0.1) is 11.3 Å². The van der Waals surface area contributed by atoms with Crippen molar-refractivity contribution in [2.24, 2.45) is 0 Å². The normalized spacial score (nSPS) is 14.4. The molecule has 0 aliphatic heterocycles. The Morgan fingerprint density at radius 2 is 1.90 bits per heavy atom. The zero-order chi connectivity index (χ0) is 21.5. The fraction of sp³-hybridized carbons (Fsp3) is 0.500. The molecule has 0 fully saturated rings. The number of carbonyl (C=O) groups excluding carboxylic acids is 1. The molecule has 1 unspecified atom stereocenters. The summed E-state index contributed by atoms with van der Waals surface area (Å²) in [5, 5.41) is 8.00. The van der Waals surface area contributed by atoms with E-state index in [1.807, 2.05) is 6.92 Å². The number of carbonyl (C=O) groups is 1. The van der Waals surface area contributed by atoms with Crippen LogP contribution in [-0.2, 0) is 24.0 Å². The molecule has 1 atom stereocenters. The molecule has 0 spiro atoms. The van der Waals surface area contributed by atoms with Crippen LogP contribution in [0.25, 0.3) is 0 Å². The van der Waals surface area contributed by atoms with E-state index in [2.05, 4.69) is 48.7 Å². The average Bonchev–Trinajstić information content (AvgIpc) is 2.89. The number of thiophene rings is 1. The van der Waals surface area contributed by atoms with E-state index in [1.54, 1.807) is 11.3 Å². The molecule has 6 heteroatoms. The largest absolute Gasteiger partial charge is 0.462 e. The van der Waals surface area contributed by atoms with Crippen LogP contribution in [0.15, 0.2) is 24.3 Å². The lowest BCUT2D eigenvalue weighted by Gasteiger charge is -2.18. The van der Waals surface area contributed by atoms with Gasteiger partial charge in [-0.3, -0.25) is 0 Å². The van der Waals surface area contributed by atoms with Gasteiger partial charge >= 0.3 is 5.97 Å². The lowest BCUT2D eigenvalue weighted by atomic mass is 10.0. The maximum atomic E-state index is 12.7. The van der Waals surface area contributed by atoms with E-state index in [9.17, 15) is 4.79 Å². The van der Waals surface area contributed by atoms with Crippen LogP contribution < -0.4 is 10.6 Å². The number of benzene rings is 1. The van der Waals surface area contributed by atoms with E-state index in [-0.39, 0.29) is 12.0 Å². The number of rotatable bonds is 7. The molecule has 0 saturated carbocycles. The first kappa shape index (κ1) is 22.8. The zero-order valence-corrected chi connectivity index (χ0v) is 19.8. The molecule has 2 N–H and O–H groups in total. The third-order valence-corrected chi connectivity index (χ3v) is 6.92. The monoisotopic (exact) mass is 444 g/mol. The van der Waals surface area contributed by atoms with Crippen LogP contribution in [0, 0.1) is 0 Å². The molecule has 30 heavy (non-hydrogen) atoms. The lowest BCUT2D eigenvalue weighted by Crippen LogP contribution is -2.31. The van der Waals surface area contributed by atoms with E-state index < -0.39 is 0 Å². The van der Waals surface area contributed by atoms with E-state index in [4.69, 9.17) is 17.0 Å². The van der Waals surface area contributed by atoms with Gasteiger partial charge in [-0.1, -0.05) is 44.0 Å². The Bertz CT molecular complexity index is 874. The second-order valence-corrected chi connectivity index (χ2v) is 9.31. The van der Waals surface area contributed by atoms with Gasteiger partial charge in [-0.25, -0.2) is 4.79 Å². The predicted molar refractivity (Wildman–Crippen MR) is 130 cm³/mol. The number of ether oxygens (including phenoxy) is 1. The summed E-state index contributed by atoms with van der Waals surface area (Å²) in [6.07, 6.45) is 7.70. The lowest BCUT2D eigenvalue weighted by molar-refractivity contribution is 0.0527. The number of thiocarbonyl (C=S) groups is 1. The Balaban J connectivity index is 1.73. The molecule has 162 valence electrons. The summed E-state index contributed by atoms with van der Waals surface area (Å²) in [5.41, 5.74) is 4.38. The molecule has 1 aliphatic carbocycles. The van der Waals surface area contributed by atoms with Crippen molar-refractivity contribution in [2.45, 2.75) is 71.8 Å². The molecule has 0 saturated heterocycles. The number of hydrogen-bond acceptors (Lipinski definition) is 4. The second-order valence-electron chi connectivity index (χ2n) is 7.80. The number of anilines is 1. The first-order chi connectivity index (χ1) is 14.5. The average molecular weight is 445 g/mol. The highest BCUT2D eigenvalue weighted by Crippen LogP contribution is 2.38. The van der Waals surface area contributed by atoms with Gasteiger partial charge in [0.15, 0.2) is 5.11 Å². The van der Waals surface area contributed by atoms with Crippen molar-refractivity contribution in [3.8, 4) is 0 Å². The highest BCUT2D eigenvalue weighted by molar-refractivity contribution is 7.80. The van der Waals surface area contributed by atoms with Gasteiger partial charge in [0, 0.05) is 4.88 Å². The fourth-order valence-electron chi connectivity index (χ4n) is 3.93. The number of hydrogen-bond donors (Lipinski definition) is 2. The Morgan fingerprint density at radius 3 is 2.60 bits per heavy atom. The van der Waals surface area contributed by atoms with Gasteiger partial charge in [-0.2, -0.15) is 0 Å². The molecule has 1 aliphatic rings. The van der Waals surface area contributed by atoms with Crippen molar-refractivity contribution in [2.75, 3.05) is 11.9 Å². The smallest absolute Gasteiger partial charge is 0.341 e. The van der Waals surface area contributed by atoms with Crippen LogP contribution >= 0.6 is 23.6 Å². The molecular formula is C24H32N2O2S2. The van der Waals surface area contributed by atoms with Gasteiger partial charge in [0.1, 0.15) is 5.00 Å². The number of aryl methyl sites for hydroxylation is 2. The van der Waals surface area contributed by atoms with E-state index in [1.165, 1.54) is 28.8 Å². The van der Waals surface area contributed by atoms with Crippen molar-refractivity contribution >= 4 is 39.6 Å². The summed E-state index contributed by atoms with van der Waals surface area (Å²) in [7, 11) is 0. The third kappa shape index (κ3) is 5.61. The van der Waals surface area contributed by atoms with Gasteiger partial charge in [0.25, 0.3) is 0 Å². The number of fused-ring (bicyclic) bond motifs is 1. The Labute approximate surface area is 189 Å². The quantitative estimate of drug-likeness (QED) is 0.303. The van der Waals surface area contributed by atoms with Gasteiger partial charge in [0.2, 0.25) is 0 Å². The van der Waals surface area contributed by atoms with Gasteiger partial charge in [0.05, 0.1) is 18.2 Å². The standard InChI is InChI=1S/C24H32N2O2S2/c1-4-9-17-12-14-18(15-13-17)16(3)25-24(29)26-22-21(23(27)28-5-2)19-10-7-6-8-11-20(19)30-22/h12-16H,4-11H2,1-3H3,(H2,25,26,29). The summed E-state index contributed by atoms with van der Waals surface area (Å²) < 4.78 is 5.36. The molecule has 2 aromatic rings. The van der Waals surface area contributed by atoms with E-state index in [0.717, 1.165) is 42.7 Å².